The highest BCUT2D eigenvalue weighted by molar-refractivity contribution is 5.71. The monoisotopic (exact) mass is 416 g/mol. The van der Waals surface area contributed by atoms with Gasteiger partial charge < -0.3 is 18.9 Å². The second kappa shape index (κ2) is 9.13. The summed E-state index contributed by atoms with van der Waals surface area (Å²) < 4.78 is 22.5. The fourth-order valence-electron chi connectivity index (χ4n) is 3.79. The molecule has 160 valence electrons. The summed E-state index contributed by atoms with van der Waals surface area (Å²) in [4.78, 5) is 0. The van der Waals surface area contributed by atoms with E-state index in [-0.39, 0.29) is 12.2 Å². The molecule has 0 amide bonds. The maximum absolute atomic E-state index is 5.92. The second-order valence-electron chi connectivity index (χ2n) is 8.27. The van der Waals surface area contributed by atoms with Crippen molar-refractivity contribution in [1.82, 2.24) is 0 Å². The minimum absolute atomic E-state index is 0.254. The molecule has 2 saturated heterocycles. The summed E-state index contributed by atoms with van der Waals surface area (Å²) in [7, 11) is 0. The van der Waals surface area contributed by atoms with Crippen LogP contribution in [-0.2, 0) is 9.47 Å². The van der Waals surface area contributed by atoms with Gasteiger partial charge in [0.05, 0.1) is 12.2 Å². The number of ether oxygens (including phenoxy) is 4. The van der Waals surface area contributed by atoms with E-state index in [1.54, 1.807) is 0 Å². The van der Waals surface area contributed by atoms with Gasteiger partial charge in [0.2, 0.25) is 0 Å². The maximum atomic E-state index is 5.92. The van der Waals surface area contributed by atoms with Crippen molar-refractivity contribution in [3.63, 3.8) is 0 Å². The van der Waals surface area contributed by atoms with E-state index in [1.165, 1.54) is 22.3 Å². The highest BCUT2D eigenvalue weighted by Crippen LogP contribution is 2.30. The summed E-state index contributed by atoms with van der Waals surface area (Å²) in [6.07, 6.45) is 2.70. The zero-order chi connectivity index (χ0) is 21.0. The number of benzene rings is 3. The number of hydrogen-bond acceptors (Lipinski definition) is 4. The third-order valence-corrected chi connectivity index (χ3v) is 6.03. The molecule has 5 rings (SSSR count). The third-order valence-electron chi connectivity index (χ3n) is 6.03. The van der Waals surface area contributed by atoms with Crippen LogP contribution in [0.4, 0.5) is 0 Å². The standard InChI is InChI=1S/C27H28O4/c1-19-16-23(8-11-27(19)31-18-26-13-15-29-26)22-4-2-20(3-5-22)21-6-9-24(10-7-21)30-17-25-12-14-28-25/h2-11,16,25-26H,12-15,17-18H2,1H3. The van der Waals surface area contributed by atoms with Gasteiger partial charge in [-0.25, -0.2) is 0 Å². The number of hydrogen-bond donors (Lipinski definition) is 0. The number of aryl methyl sites for hydroxylation is 1. The zero-order valence-corrected chi connectivity index (χ0v) is 17.9. The highest BCUT2D eigenvalue weighted by atomic mass is 16.6. The summed E-state index contributed by atoms with van der Waals surface area (Å²) in [6, 6.07) is 23.3. The minimum Gasteiger partial charge on any atom is -0.491 e. The molecule has 2 atom stereocenters. The minimum atomic E-state index is 0.254. The van der Waals surface area contributed by atoms with Gasteiger partial charge in [-0.3, -0.25) is 0 Å². The molecule has 2 heterocycles. The third kappa shape index (κ3) is 4.76. The van der Waals surface area contributed by atoms with Gasteiger partial charge in [0.25, 0.3) is 0 Å². The van der Waals surface area contributed by atoms with E-state index in [2.05, 4.69) is 61.5 Å². The summed E-state index contributed by atoms with van der Waals surface area (Å²) in [6.45, 7) is 5.07. The Balaban J connectivity index is 1.22. The largest absolute Gasteiger partial charge is 0.491 e. The summed E-state index contributed by atoms with van der Waals surface area (Å²) in [5.74, 6) is 1.82. The molecule has 2 fully saturated rings. The summed E-state index contributed by atoms with van der Waals surface area (Å²) >= 11 is 0. The van der Waals surface area contributed by atoms with Gasteiger partial charge in [-0.05, 0) is 59.0 Å². The van der Waals surface area contributed by atoms with Crippen LogP contribution in [0.15, 0.2) is 66.7 Å². The Morgan fingerprint density at radius 3 is 1.68 bits per heavy atom. The lowest BCUT2D eigenvalue weighted by atomic mass is 9.99. The molecule has 2 aliphatic rings. The average molecular weight is 417 g/mol. The Morgan fingerprint density at radius 2 is 1.16 bits per heavy atom. The predicted octanol–water partition coefficient (Wildman–Crippen LogP) is 5.66. The van der Waals surface area contributed by atoms with Crippen LogP contribution in [0.3, 0.4) is 0 Å². The van der Waals surface area contributed by atoms with Crippen molar-refractivity contribution in [3.8, 4) is 33.8 Å². The summed E-state index contributed by atoms with van der Waals surface area (Å²) in [5, 5.41) is 0. The molecule has 31 heavy (non-hydrogen) atoms. The predicted molar refractivity (Wildman–Crippen MR) is 122 cm³/mol. The van der Waals surface area contributed by atoms with Crippen molar-refractivity contribution < 1.29 is 18.9 Å². The lowest BCUT2D eigenvalue weighted by Crippen LogP contribution is -2.32. The van der Waals surface area contributed by atoms with Crippen molar-refractivity contribution in [2.75, 3.05) is 26.4 Å². The molecule has 3 aromatic carbocycles. The molecule has 0 aliphatic carbocycles. The first-order chi connectivity index (χ1) is 15.2. The van der Waals surface area contributed by atoms with Gasteiger partial charge in [0.15, 0.2) is 0 Å². The molecular weight excluding hydrogens is 388 g/mol. The summed E-state index contributed by atoms with van der Waals surface area (Å²) in [5.41, 5.74) is 5.90. The molecule has 0 N–H and O–H groups in total. The Hall–Kier alpha value is -2.82. The van der Waals surface area contributed by atoms with Crippen LogP contribution in [0.5, 0.6) is 11.5 Å². The maximum Gasteiger partial charge on any atom is 0.122 e. The van der Waals surface area contributed by atoms with Crippen LogP contribution in [0.1, 0.15) is 18.4 Å². The first kappa shape index (κ1) is 20.1. The van der Waals surface area contributed by atoms with Crippen LogP contribution < -0.4 is 9.47 Å². The average Bonchev–Trinajstić information content (AvgIpc) is 2.73. The van der Waals surface area contributed by atoms with E-state index in [4.69, 9.17) is 18.9 Å². The molecule has 4 heteroatoms. The molecule has 2 unspecified atom stereocenters. The van der Waals surface area contributed by atoms with Crippen molar-refractivity contribution >= 4 is 0 Å². The zero-order valence-electron chi connectivity index (χ0n) is 17.9. The van der Waals surface area contributed by atoms with Crippen LogP contribution in [0.2, 0.25) is 0 Å². The van der Waals surface area contributed by atoms with Gasteiger partial charge >= 0.3 is 0 Å². The lowest BCUT2D eigenvalue weighted by Gasteiger charge is -2.26. The molecule has 3 aromatic rings. The van der Waals surface area contributed by atoms with Crippen LogP contribution in [-0.4, -0.2) is 38.6 Å². The fraction of sp³-hybridized carbons (Fsp3) is 0.333. The normalized spacial score (nSPS) is 19.9. The molecule has 0 aromatic heterocycles. The molecule has 0 saturated carbocycles. The molecule has 0 bridgehead atoms. The topological polar surface area (TPSA) is 36.9 Å². The van der Waals surface area contributed by atoms with Crippen LogP contribution >= 0.6 is 0 Å². The molecule has 0 radical (unpaired) electrons. The second-order valence-corrected chi connectivity index (χ2v) is 8.27. The molecular formula is C27H28O4. The quantitative estimate of drug-likeness (QED) is 0.474. The molecule has 0 spiro atoms. The van der Waals surface area contributed by atoms with Gasteiger partial charge in [-0.1, -0.05) is 42.5 Å². The van der Waals surface area contributed by atoms with Gasteiger partial charge in [-0.2, -0.15) is 0 Å². The van der Waals surface area contributed by atoms with Crippen molar-refractivity contribution in [2.45, 2.75) is 32.0 Å². The van der Waals surface area contributed by atoms with Crippen LogP contribution in [0, 0.1) is 6.92 Å². The van der Waals surface area contributed by atoms with Gasteiger partial charge in [-0.15, -0.1) is 0 Å². The van der Waals surface area contributed by atoms with E-state index in [0.717, 1.165) is 43.1 Å². The van der Waals surface area contributed by atoms with E-state index in [9.17, 15) is 0 Å². The van der Waals surface area contributed by atoms with E-state index in [0.29, 0.717) is 13.2 Å². The van der Waals surface area contributed by atoms with E-state index in [1.807, 2.05) is 12.1 Å². The Kier molecular flexibility index (Phi) is 5.92. The Labute approximate surface area is 183 Å². The highest BCUT2D eigenvalue weighted by Gasteiger charge is 2.19. The van der Waals surface area contributed by atoms with Crippen molar-refractivity contribution in [3.05, 3.63) is 72.3 Å². The SMILES string of the molecule is Cc1cc(-c2ccc(-c3ccc(OCC4CCO4)cc3)cc2)ccc1OCC1CCO1. The first-order valence-corrected chi connectivity index (χ1v) is 11.0. The van der Waals surface area contributed by atoms with E-state index < -0.39 is 0 Å². The smallest absolute Gasteiger partial charge is 0.122 e. The lowest BCUT2D eigenvalue weighted by molar-refractivity contribution is -0.0721. The van der Waals surface area contributed by atoms with Crippen molar-refractivity contribution in [2.24, 2.45) is 0 Å². The Bertz CT molecular complexity index is 1000. The molecule has 4 nitrogen and oxygen atoms in total. The van der Waals surface area contributed by atoms with Crippen molar-refractivity contribution in [1.29, 1.82) is 0 Å². The first-order valence-electron chi connectivity index (χ1n) is 11.0. The van der Waals surface area contributed by atoms with E-state index >= 15 is 0 Å². The Morgan fingerprint density at radius 1 is 0.677 bits per heavy atom. The van der Waals surface area contributed by atoms with Gasteiger partial charge in [0.1, 0.15) is 24.7 Å². The fourth-order valence-corrected chi connectivity index (χ4v) is 3.79. The molecule has 2 aliphatic heterocycles. The van der Waals surface area contributed by atoms with Crippen LogP contribution in [0.25, 0.3) is 22.3 Å². The van der Waals surface area contributed by atoms with Gasteiger partial charge in [0, 0.05) is 26.1 Å². The number of rotatable bonds is 8.